The second-order valence-electron chi connectivity index (χ2n) is 4.39. The van der Waals surface area contributed by atoms with E-state index < -0.39 is 11.9 Å². The molecule has 3 aromatic heterocycles. The van der Waals surface area contributed by atoms with Crippen LogP contribution < -0.4 is 4.74 Å². The van der Waals surface area contributed by atoms with Crippen molar-refractivity contribution < 1.29 is 14.2 Å². The molecule has 1 N–H and O–H groups in total. The lowest BCUT2D eigenvalue weighted by Gasteiger charge is -2.12. The summed E-state index contributed by atoms with van der Waals surface area (Å²) in [4.78, 5) is 7.42. The van der Waals surface area contributed by atoms with E-state index in [1.54, 1.807) is 16.8 Å². The summed E-state index contributed by atoms with van der Waals surface area (Å²) in [7, 11) is 0. The van der Waals surface area contributed by atoms with Crippen molar-refractivity contribution in [2.24, 2.45) is 0 Å². The number of ether oxygens (including phenoxy) is 1. The monoisotopic (exact) mass is 386 g/mol. The van der Waals surface area contributed by atoms with Gasteiger partial charge in [-0.05, 0) is 22.0 Å². The zero-order chi connectivity index (χ0) is 15.7. The van der Waals surface area contributed by atoms with Crippen molar-refractivity contribution in [2.75, 3.05) is 6.61 Å². The highest BCUT2D eigenvalue weighted by molar-refractivity contribution is 9.10. The largest absolute Gasteiger partial charge is 0.488 e. The molecule has 0 bridgehead atoms. The Hall–Kier alpha value is -1.77. The predicted octanol–water partition coefficient (Wildman–Crippen LogP) is 2.79. The number of halogens is 3. The third kappa shape index (κ3) is 3.03. The number of aliphatic hydroxyl groups is 1. The van der Waals surface area contributed by atoms with Gasteiger partial charge >= 0.3 is 0 Å². The van der Waals surface area contributed by atoms with E-state index in [0.29, 0.717) is 16.3 Å². The van der Waals surface area contributed by atoms with Gasteiger partial charge in [0.05, 0.1) is 23.6 Å². The second kappa shape index (κ2) is 6.15. The van der Waals surface area contributed by atoms with Crippen LogP contribution in [-0.4, -0.2) is 31.3 Å². The minimum absolute atomic E-state index is 0.0759. The topological polar surface area (TPSA) is 72.5 Å². The van der Waals surface area contributed by atoms with E-state index in [2.05, 4.69) is 31.0 Å². The molecule has 0 spiro atoms. The first-order valence-corrected chi connectivity index (χ1v) is 7.32. The standard InChI is InChI=1S/C13H9BrClFN4O2/c14-7-1-11(12-9(15)4-19-20(12)5-7)22-6-10(21)13-17-2-8(16)3-18-13/h1-5,10,21H,6H2. The molecule has 0 fully saturated rings. The van der Waals surface area contributed by atoms with Crippen LogP contribution in [0, 0.1) is 5.82 Å². The molecule has 22 heavy (non-hydrogen) atoms. The summed E-state index contributed by atoms with van der Waals surface area (Å²) in [6.07, 6.45) is 4.10. The number of nitrogens with zero attached hydrogens (tertiary/aromatic N) is 4. The van der Waals surface area contributed by atoms with Crippen LogP contribution in [0.3, 0.4) is 0 Å². The molecule has 0 aliphatic rings. The van der Waals surface area contributed by atoms with Gasteiger partial charge in [-0.1, -0.05) is 11.6 Å². The molecule has 0 saturated heterocycles. The average Bonchev–Trinajstić information content (AvgIpc) is 2.86. The Morgan fingerprint density at radius 1 is 1.36 bits per heavy atom. The maximum absolute atomic E-state index is 12.8. The summed E-state index contributed by atoms with van der Waals surface area (Å²) in [5.41, 5.74) is 0.581. The molecule has 9 heteroatoms. The van der Waals surface area contributed by atoms with E-state index in [0.717, 1.165) is 16.9 Å². The predicted molar refractivity (Wildman–Crippen MR) is 80.3 cm³/mol. The van der Waals surface area contributed by atoms with Gasteiger partial charge < -0.3 is 9.84 Å². The first-order valence-electron chi connectivity index (χ1n) is 6.15. The Labute approximate surface area is 137 Å². The molecule has 0 aromatic carbocycles. The van der Waals surface area contributed by atoms with Crippen LogP contribution in [0.5, 0.6) is 5.75 Å². The number of aliphatic hydroxyl groups excluding tert-OH is 1. The van der Waals surface area contributed by atoms with Crippen molar-refractivity contribution in [2.45, 2.75) is 6.10 Å². The van der Waals surface area contributed by atoms with E-state index in [4.69, 9.17) is 16.3 Å². The molecule has 3 aromatic rings. The number of pyridine rings is 1. The SMILES string of the molecule is OC(COc1cc(Br)cn2ncc(Cl)c12)c1ncc(F)cn1. The fourth-order valence-electron chi connectivity index (χ4n) is 1.86. The van der Waals surface area contributed by atoms with Crippen LogP contribution >= 0.6 is 27.5 Å². The zero-order valence-electron chi connectivity index (χ0n) is 10.9. The van der Waals surface area contributed by atoms with Gasteiger partial charge in [-0.3, -0.25) is 0 Å². The van der Waals surface area contributed by atoms with Crippen molar-refractivity contribution in [3.63, 3.8) is 0 Å². The Balaban J connectivity index is 1.81. The fourth-order valence-corrected chi connectivity index (χ4v) is 2.49. The van der Waals surface area contributed by atoms with Gasteiger partial charge in [0.2, 0.25) is 0 Å². The van der Waals surface area contributed by atoms with Gasteiger partial charge in [-0.25, -0.2) is 18.9 Å². The molecular weight excluding hydrogens is 379 g/mol. The zero-order valence-corrected chi connectivity index (χ0v) is 13.3. The summed E-state index contributed by atoms with van der Waals surface area (Å²) < 4.78 is 20.6. The highest BCUT2D eigenvalue weighted by atomic mass is 79.9. The average molecular weight is 388 g/mol. The maximum atomic E-state index is 12.8. The van der Waals surface area contributed by atoms with E-state index >= 15 is 0 Å². The van der Waals surface area contributed by atoms with E-state index in [1.807, 2.05) is 0 Å². The molecule has 114 valence electrons. The molecular formula is C13H9BrClFN4O2. The van der Waals surface area contributed by atoms with E-state index in [9.17, 15) is 9.50 Å². The fraction of sp³-hybridized carbons (Fsp3) is 0.154. The van der Waals surface area contributed by atoms with Gasteiger partial charge in [0, 0.05) is 10.7 Å². The molecule has 0 amide bonds. The quantitative estimate of drug-likeness (QED) is 0.745. The number of aromatic nitrogens is 4. The molecule has 1 atom stereocenters. The first kappa shape index (κ1) is 15.1. The molecule has 6 nitrogen and oxygen atoms in total. The summed E-state index contributed by atoms with van der Waals surface area (Å²) in [6, 6.07) is 1.71. The molecule has 0 saturated carbocycles. The Kier molecular flexibility index (Phi) is 4.23. The van der Waals surface area contributed by atoms with Crippen LogP contribution in [0.15, 0.2) is 35.3 Å². The number of hydrogen-bond donors (Lipinski definition) is 1. The summed E-state index contributed by atoms with van der Waals surface area (Å²) in [5.74, 6) is -0.0540. The number of hydrogen-bond acceptors (Lipinski definition) is 5. The lowest BCUT2D eigenvalue weighted by atomic mass is 10.3. The molecule has 3 heterocycles. The molecule has 1 unspecified atom stereocenters. The third-order valence-corrected chi connectivity index (χ3v) is 3.54. The summed E-state index contributed by atoms with van der Waals surface area (Å²) in [5, 5.41) is 14.5. The Morgan fingerprint density at radius 2 is 2.09 bits per heavy atom. The van der Waals surface area contributed by atoms with Crippen molar-refractivity contribution in [3.05, 3.63) is 52.0 Å². The number of rotatable bonds is 4. The van der Waals surface area contributed by atoms with Crippen molar-refractivity contribution >= 4 is 33.0 Å². The van der Waals surface area contributed by atoms with Gasteiger partial charge in [-0.15, -0.1) is 0 Å². The molecule has 0 aliphatic heterocycles. The highest BCUT2D eigenvalue weighted by Gasteiger charge is 2.15. The highest BCUT2D eigenvalue weighted by Crippen LogP contribution is 2.30. The third-order valence-electron chi connectivity index (χ3n) is 2.83. The van der Waals surface area contributed by atoms with Crippen LogP contribution in [-0.2, 0) is 0 Å². The van der Waals surface area contributed by atoms with E-state index in [-0.39, 0.29) is 12.4 Å². The summed E-state index contributed by atoms with van der Waals surface area (Å²) >= 11 is 9.41. The second-order valence-corrected chi connectivity index (χ2v) is 5.72. The maximum Gasteiger partial charge on any atom is 0.160 e. The number of fused-ring (bicyclic) bond motifs is 1. The van der Waals surface area contributed by atoms with Gasteiger partial charge in [0.1, 0.15) is 24.0 Å². The van der Waals surface area contributed by atoms with Gasteiger partial charge in [0.25, 0.3) is 0 Å². The Bertz CT molecular complexity index is 812. The lowest BCUT2D eigenvalue weighted by Crippen LogP contribution is -2.13. The Morgan fingerprint density at radius 3 is 2.82 bits per heavy atom. The minimum Gasteiger partial charge on any atom is -0.488 e. The molecule has 0 aliphatic carbocycles. The van der Waals surface area contributed by atoms with Crippen molar-refractivity contribution in [1.82, 2.24) is 19.6 Å². The van der Waals surface area contributed by atoms with Crippen LogP contribution in [0.1, 0.15) is 11.9 Å². The van der Waals surface area contributed by atoms with Crippen LogP contribution in [0.4, 0.5) is 4.39 Å². The van der Waals surface area contributed by atoms with Gasteiger partial charge in [-0.2, -0.15) is 5.10 Å². The first-order chi connectivity index (χ1) is 10.5. The smallest absolute Gasteiger partial charge is 0.160 e. The molecule has 0 radical (unpaired) electrons. The van der Waals surface area contributed by atoms with E-state index in [1.165, 1.54) is 6.20 Å². The minimum atomic E-state index is -1.10. The van der Waals surface area contributed by atoms with Crippen LogP contribution in [0.25, 0.3) is 5.52 Å². The van der Waals surface area contributed by atoms with Crippen molar-refractivity contribution in [1.29, 1.82) is 0 Å². The summed E-state index contributed by atoms with van der Waals surface area (Å²) in [6.45, 7) is -0.112. The molecule has 3 rings (SSSR count). The van der Waals surface area contributed by atoms with Gasteiger partial charge in [0.15, 0.2) is 11.6 Å². The van der Waals surface area contributed by atoms with Crippen LogP contribution in [0.2, 0.25) is 5.02 Å². The van der Waals surface area contributed by atoms with Crippen molar-refractivity contribution in [3.8, 4) is 5.75 Å². The normalized spacial score (nSPS) is 12.5. The lowest BCUT2D eigenvalue weighted by molar-refractivity contribution is 0.101.